The maximum absolute atomic E-state index is 12.7. The van der Waals surface area contributed by atoms with Crippen molar-refractivity contribution < 1.29 is 19.4 Å². The number of imidazole rings is 1. The molecule has 0 atom stereocenters. The topological polar surface area (TPSA) is 95.5 Å². The van der Waals surface area contributed by atoms with Crippen LogP contribution in [-0.4, -0.2) is 52.1 Å². The summed E-state index contributed by atoms with van der Waals surface area (Å²) in [4.78, 5) is 33.3. The zero-order chi connectivity index (χ0) is 19.4. The summed E-state index contributed by atoms with van der Waals surface area (Å²) in [6, 6.07) is 11.7. The number of H-pyrrole nitrogens is 1. The third-order valence-corrected chi connectivity index (χ3v) is 4.38. The summed E-state index contributed by atoms with van der Waals surface area (Å²) in [5.41, 5.74) is 2.19. The molecule has 0 aliphatic carbocycles. The molecule has 1 heterocycles. The summed E-state index contributed by atoms with van der Waals surface area (Å²) in [5, 5.41) is 9.10. The summed E-state index contributed by atoms with van der Waals surface area (Å²) in [7, 11) is 1.61. The molecular formula is C20H21N3O4. The molecule has 0 aliphatic heterocycles. The summed E-state index contributed by atoms with van der Waals surface area (Å²) in [6.07, 6.45) is 0.565. The van der Waals surface area contributed by atoms with Crippen LogP contribution in [0.3, 0.4) is 0 Å². The molecule has 1 amide bonds. The summed E-state index contributed by atoms with van der Waals surface area (Å²) < 4.78 is 5.21. The zero-order valence-electron chi connectivity index (χ0n) is 15.2. The van der Waals surface area contributed by atoms with Gasteiger partial charge in [0.2, 0.25) is 0 Å². The Balaban J connectivity index is 1.72. The number of rotatable bonds is 7. The van der Waals surface area contributed by atoms with E-state index in [1.54, 1.807) is 24.1 Å². The van der Waals surface area contributed by atoms with Gasteiger partial charge in [0.05, 0.1) is 23.7 Å². The first-order valence-corrected chi connectivity index (χ1v) is 8.67. The number of carbonyl (C=O) groups excluding carboxylic acids is 1. The van der Waals surface area contributed by atoms with Gasteiger partial charge in [0.15, 0.2) is 0 Å². The largest absolute Gasteiger partial charge is 0.497 e. The normalized spacial score (nSPS) is 10.7. The van der Waals surface area contributed by atoms with Crippen LogP contribution in [0.1, 0.15) is 33.5 Å². The van der Waals surface area contributed by atoms with Crippen LogP contribution in [0.15, 0.2) is 42.5 Å². The lowest BCUT2D eigenvalue weighted by Gasteiger charge is -2.20. The van der Waals surface area contributed by atoms with Gasteiger partial charge >= 0.3 is 5.97 Å². The average molecular weight is 367 g/mol. The first-order chi connectivity index (χ1) is 13.0. The molecule has 27 heavy (non-hydrogen) atoms. The second-order valence-corrected chi connectivity index (χ2v) is 6.09. The molecule has 0 saturated carbocycles. The Morgan fingerprint density at radius 3 is 2.67 bits per heavy atom. The minimum atomic E-state index is -1.05. The first kappa shape index (κ1) is 18.4. The molecule has 0 bridgehead atoms. The maximum Gasteiger partial charge on any atom is 0.335 e. The van der Waals surface area contributed by atoms with Crippen molar-refractivity contribution in [1.29, 1.82) is 0 Å². The number of likely N-dealkylation sites (N-methyl/N-ethyl adjacent to an activating group) is 1. The van der Waals surface area contributed by atoms with E-state index >= 15 is 0 Å². The highest BCUT2D eigenvalue weighted by Gasteiger charge is 2.16. The highest BCUT2D eigenvalue weighted by molar-refractivity contribution is 5.97. The first-order valence-electron chi connectivity index (χ1n) is 8.67. The Morgan fingerprint density at radius 2 is 1.96 bits per heavy atom. The maximum atomic E-state index is 12.7. The van der Waals surface area contributed by atoms with Crippen molar-refractivity contribution in [2.24, 2.45) is 0 Å². The number of nitrogens with one attached hydrogen (secondary N) is 1. The predicted octanol–water partition coefficient (Wildman–Crippen LogP) is 2.97. The fraction of sp³-hybridized carbons (Fsp3) is 0.250. The smallest absolute Gasteiger partial charge is 0.335 e. The number of amides is 1. The van der Waals surface area contributed by atoms with Crippen molar-refractivity contribution >= 4 is 22.9 Å². The van der Waals surface area contributed by atoms with Crippen LogP contribution in [0, 0.1) is 0 Å². The molecule has 0 aliphatic rings. The van der Waals surface area contributed by atoms with E-state index < -0.39 is 5.97 Å². The number of methoxy groups -OCH3 is 1. The van der Waals surface area contributed by atoms with E-state index in [2.05, 4.69) is 9.97 Å². The number of aromatic carboxylic acids is 1. The highest BCUT2D eigenvalue weighted by Crippen LogP contribution is 2.19. The lowest BCUT2D eigenvalue weighted by molar-refractivity contribution is 0.0697. The molecule has 7 nitrogen and oxygen atoms in total. The molecule has 0 fully saturated rings. The predicted molar refractivity (Wildman–Crippen MR) is 101 cm³/mol. The molecule has 2 N–H and O–H groups in total. The van der Waals surface area contributed by atoms with E-state index in [0.29, 0.717) is 25.1 Å². The Labute approximate surface area is 156 Å². The number of carboxylic acid groups (broad SMARTS) is 1. The number of carboxylic acids is 1. The fourth-order valence-corrected chi connectivity index (χ4v) is 2.90. The molecular weight excluding hydrogens is 346 g/mol. The minimum absolute atomic E-state index is 0.100. The lowest BCUT2D eigenvalue weighted by atomic mass is 10.1. The Morgan fingerprint density at radius 1 is 1.19 bits per heavy atom. The lowest BCUT2D eigenvalue weighted by Crippen LogP contribution is -2.33. The Kier molecular flexibility index (Phi) is 5.40. The number of hydrogen-bond acceptors (Lipinski definition) is 4. The molecule has 3 aromatic rings. The Bertz CT molecular complexity index is 980. The number of hydrogen-bond donors (Lipinski definition) is 2. The van der Waals surface area contributed by atoms with Crippen LogP contribution in [0.2, 0.25) is 0 Å². The van der Waals surface area contributed by atoms with Gasteiger partial charge in [0.25, 0.3) is 5.91 Å². The SMILES string of the molecule is CCN(CCc1nc2ccc(OC)cc2[nH]1)C(=O)c1cccc(C(=O)O)c1. The number of carbonyl (C=O) groups is 2. The number of aromatic nitrogens is 2. The minimum Gasteiger partial charge on any atom is -0.497 e. The highest BCUT2D eigenvalue weighted by atomic mass is 16.5. The van der Waals surface area contributed by atoms with Crippen LogP contribution < -0.4 is 4.74 Å². The molecule has 0 spiro atoms. The molecule has 0 unspecified atom stereocenters. The fourth-order valence-electron chi connectivity index (χ4n) is 2.90. The summed E-state index contributed by atoms with van der Waals surface area (Å²) in [6.45, 7) is 2.89. The third-order valence-electron chi connectivity index (χ3n) is 4.38. The number of benzene rings is 2. The van der Waals surface area contributed by atoms with Crippen LogP contribution in [0.5, 0.6) is 5.75 Å². The van der Waals surface area contributed by atoms with Gasteiger partial charge in [-0.05, 0) is 37.3 Å². The zero-order valence-corrected chi connectivity index (χ0v) is 15.2. The molecule has 7 heteroatoms. The van der Waals surface area contributed by atoms with Gasteiger partial charge in [-0.2, -0.15) is 0 Å². The number of fused-ring (bicyclic) bond motifs is 1. The van der Waals surface area contributed by atoms with Crippen molar-refractivity contribution in [3.05, 3.63) is 59.4 Å². The number of aromatic amines is 1. The quantitative estimate of drug-likeness (QED) is 0.669. The van der Waals surface area contributed by atoms with Crippen molar-refractivity contribution in [3.8, 4) is 5.75 Å². The number of nitrogens with zero attached hydrogens (tertiary/aromatic N) is 2. The van der Waals surface area contributed by atoms with Gasteiger partial charge in [-0.1, -0.05) is 6.07 Å². The van der Waals surface area contributed by atoms with Crippen LogP contribution in [-0.2, 0) is 6.42 Å². The molecule has 0 radical (unpaired) electrons. The van der Waals surface area contributed by atoms with E-state index in [1.165, 1.54) is 12.1 Å². The summed E-state index contributed by atoms with van der Waals surface area (Å²) in [5.74, 6) is 0.286. The van der Waals surface area contributed by atoms with Gasteiger partial charge in [-0.3, -0.25) is 4.79 Å². The van der Waals surface area contributed by atoms with Gasteiger partial charge < -0.3 is 19.7 Å². The second-order valence-electron chi connectivity index (χ2n) is 6.09. The molecule has 140 valence electrons. The van der Waals surface area contributed by atoms with Crippen LogP contribution >= 0.6 is 0 Å². The van der Waals surface area contributed by atoms with Gasteiger partial charge in [0.1, 0.15) is 11.6 Å². The van der Waals surface area contributed by atoms with Crippen molar-refractivity contribution in [2.75, 3.05) is 20.2 Å². The van der Waals surface area contributed by atoms with Crippen LogP contribution in [0.25, 0.3) is 11.0 Å². The average Bonchev–Trinajstić information content (AvgIpc) is 3.10. The van der Waals surface area contributed by atoms with Gasteiger partial charge in [-0.15, -0.1) is 0 Å². The van der Waals surface area contributed by atoms with Crippen molar-refractivity contribution in [1.82, 2.24) is 14.9 Å². The molecule has 2 aromatic carbocycles. The van der Waals surface area contributed by atoms with Crippen molar-refractivity contribution in [3.63, 3.8) is 0 Å². The summed E-state index contributed by atoms with van der Waals surface area (Å²) >= 11 is 0. The second kappa shape index (κ2) is 7.90. The molecule has 1 aromatic heterocycles. The van der Waals surface area contributed by atoms with Crippen LogP contribution in [0.4, 0.5) is 0 Å². The van der Waals surface area contributed by atoms with E-state index in [1.807, 2.05) is 25.1 Å². The standard InChI is InChI=1S/C20H21N3O4/c1-3-23(19(24)13-5-4-6-14(11-13)20(25)26)10-9-18-21-16-8-7-15(27-2)12-17(16)22-18/h4-8,11-12H,3,9-10H2,1-2H3,(H,21,22)(H,25,26). The molecule has 0 saturated heterocycles. The van der Waals surface area contributed by atoms with Crippen molar-refractivity contribution in [2.45, 2.75) is 13.3 Å². The van der Waals surface area contributed by atoms with Gasteiger partial charge in [0, 0.05) is 31.1 Å². The van der Waals surface area contributed by atoms with E-state index in [-0.39, 0.29) is 11.5 Å². The third kappa shape index (κ3) is 4.08. The monoisotopic (exact) mass is 367 g/mol. The van der Waals surface area contributed by atoms with Gasteiger partial charge in [-0.25, -0.2) is 9.78 Å². The van der Waals surface area contributed by atoms with E-state index in [9.17, 15) is 9.59 Å². The molecule has 3 rings (SSSR count). The number of ether oxygens (including phenoxy) is 1. The Hall–Kier alpha value is -3.35. The van der Waals surface area contributed by atoms with E-state index in [4.69, 9.17) is 9.84 Å². The van der Waals surface area contributed by atoms with E-state index in [0.717, 1.165) is 22.6 Å².